The van der Waals surface area contributed by atoms with Gasteiger partial charge in [0.1, 0.15) is 30.0 Å². The Morgan fingerprint density at radius 1 is 1.03 bits per heavy atom. The fourth-order valence-electron chi connectivity index (χ4n) is 3.61. The second kappa shape index (κ2) is 12.0. The van der Waals surface area contributed by atoms with E-state index < -0.39 is 17.8 Å². The summed E-state index contributed by atoms with van der Waals surface area (Å²) in [7, 11) is 1.28. The molecule has 200 valence electrons. The van der Waals surface area contributed by atoms with Crippen molar-refractivity contribution in [2.75, 3.05) is 7.11 Å². The van der Waals surface area contributed by atoms with Crippen LogP contribution in [0, 0.1) is 12.7 Å². The third-order valence-corrected chi connectivity index (χ3v) is 5.82. The summed E-state index contributed by atoms with van der Waals surface area (Å²) in [4.78, 5) is 48.9. The zero-order valence-electron chi connectivity index (χ0n) is 21.4. The lowest BCUT2D eigenvalue weighted by Gasteiger charge is -2.14. The van der Waals surface area contributed by atoms with Gasteiger partial charge in [-0.1, -0.05) is 41.6 Å². The van der Waals surface area contributed by atoms with Gasteiger partial charge in [0.05, 0.1) is 13.2 Å². The fraction of sp³-hybridized carbons (Fsp3) is 0.222. The summed E-state index contributed by atoms with van der Waals surface area (Å²) in [5.41, 5.74) is 2.73. The largest absolute Gasteiger partial charge is 0.469 e. The number of ether oxygens (including phenoxy) is 1. The molecule has 11 nitrogen and oxygen atoms in total. The van der Waals surface area contributed by atoms with Gasteiger partial charge in [-0.25, -0.2) is 14.4 Å². The Morgan fingerprint density at radius 2 is 1.74 bits per heavy atom. The smallest absolute Gasteiger partial charge is 0.315 e. The van der Waals surface area contributed by atoms with E-state index in [-0.39, 0.29) is 42.1 Å². The molecule has 0 aliphatic rings. The highest BCUT2D eigenvalue weighted by Gasteiger charge is 2.17. The highest BCUT2D eigenvalue weighted by molar-refractivity contribution is 5.97. The molecule has 2 aromatic carbocycles. The van der Waals surface area contributed by atoms with Gasteiger partial charge in [0.25, 0.3) is 11.8 Å². The lowest BCUT2D eigenvalue weighted by atomic mass is 10.1. The SMILES string of the molecule is COC(=O)Cc1nc(-c2ccc([C@H](C)NC(=O)c3cc(C(=O)NCc4ccc(F)c(C)c4)ncn3)cc2)no1. The van der Waals surface area contributed by atoms with E-state index in [9.17, 15) is 18.8 Å². The van der Waals surface area contributed by atoms with Crippen molar-refractivity contribution in [1.29, 1.82) is 0 Å². The zero-order valence-corrected chi connectivity index (χ0v) is 21.4. The summed E-state index contributed by atoms with van der Waals surface area (Å²) in [6.07, 6.45) is 1.02. The maximum absolute atomic E-state index is 13.5. The van der Waals surface area contributed by atoms with E-state index in [1.54, 1.807) is 50.2 Å². The number of aromatic nitrogens is 4. The average molecular weight is 533 g/mol. The molecule has 0 fully saturated rings. The van der Waals surface area contributed by atoms with Gasteiger partial charge in [-0.2, -0.15) is 4.98 Å². The molecule has 0 bridgehead atoms. The number of rotatable bonds is 9. The van der Waals surface area contributed by atoms with E-state index in [0.29, 0.717) is 17.0 Å². The Morgan fingerprint density at radius 3 is 2.44 bits per heavy atom. The highest BCUT2D eigenvalue weighted by Crippen LogP contribution is 2.20. The first-order valence-electron chi connectivity index (χ1n) is 11.9. The van der Waals surface area contributed by atoms with Crippen molar-refractivity contribution in [3.05, 3.63) is 94.6 Å². The summed E-state index contributed by atoms with van der Waals surface area (Å²) in [5, 5.41) is 9.42. The second-order valence-corrected chi connectivity index (χ2v) is 8.64. The molecule has 2 N–H and O–H groups in total. The van der Waals surface area contributed by atoms with Crippen LogP contribution >= 0.6 is 0 Å². The monoisotopic (exact) mass is 532 g/mol. The summed E-state index contributed by atoms with van der Waals surface area (Å²) >= 11 is 0. The first-order valence-corrected chi connectivity index (χ1v) is 11.9. The average Bonchev–Trinajstić information content (AvgIpc) is 3.41. The molecule has 4 aromatic rings. The maximum atomic E-state index is 13.5. The minimum absolute atomic E-state index is 0.0256. The second-order valence-electron chi connectivity index (χ2n) is 8.64. The molecule has 0 radical (unpaired) electrons. The first kappa shape index (κ1) is 27.0. The van der Waals surface area contributed by atoms with Crippen molar-refractivity contribution in [3.8, 4) is 11.4 Å². The number of halogens is 1. The van der Waals surface area contributed by atoms with Crippen LogP contribution in [0.4, 0.5) is 4.39 Å². The van der Waals surface area contributed by atoms with Crippen molar-refractivity contribution in [2.24, 2.45) is 0 Å². The Balaban J connectivity index is 1.35. The van der Waals surface area contributed by atoms with Crippen molar-refractivity contribution in [2.45, 2.75) is 32.9 Å². The van der Waals surface area contributed by atoms with E-state index in [4.69, 9.17) is 4.52 Å². The number of esters is 1. The molecule has 4 rings (SSSR count). The molecule has 0 aliphatic carbocycles. The van der Waals surface area contributed by atoms with Gasteiger partial charge in [0.2, 0.25) is 11.7 Å². The molecule has 39 heavy (non-hydrogen) atoms. The quantitative estimate of drug-likeness (QED) is 0.310. The standard InChI is InChI=1S/C27H25FN6O5/c1-15-10-17(4-9-20(15)28)13-29-26(36)21-11-22(31-14-30-21)27(37)32-16(2)18-5-7-19(8-6-18)25-33-23(39-34-25)12-24(35)38-3/h4-11,14,16H,12-13H2,1-3H3,(H,29,36)(H,32,37)/t16-/m0/s1. The maximum Gasteiger partial charge on any atom is 0.315 e. The molecule has 2 aromatic heterocycles. The van der Waals surface area contributed by atoms with Gasteiger partial charge in [-0.05, 0) is 36.6 Å². The topological polar surface area (TPSA) is 149 Å². The first-order chi connectivity index (χ1) is 18.7. The van der Waals surface area contributed by atoms with Gasteiger partial charge in [0, 0.05) is 18.2 Å². The van der Waals surface area contributed by atoms with Crippen LogP contribution in [-0.2, 0) is 22.5 Å². The van der Waals surface area contributed by atoms with E-state index >= 15 is 0 Å². The van der Waals surface area contributed by atoms with Gasteiger partial charge in [-0.3, -0.25) is 14.4 Å². The van der Waals surface area contributed by atoms with Crippen molar-refractivity contribution < 1.29 is 28.0 Å². The molecular formula is C27H25FN6O5. The van der Waals surface area contributed by atoms with Gasteiger partial charge in [0.15, 0.2) is 0 Å². The van der Waals surface area contributed by atoms with Gasteiger partial charge >= 0.3 is 5.97 Å². The molecule has 2 heterocycles. The number of benzene rings is 2. The summed E-state index contributed by atoms with van der Waals surface area (Å²) < 4.78 is 23.1. The van der Waals surface area contributed by atoms with Crippen LogP contribution in [0.3, 0.4) is 0 Å². The summed E-state index contributed by atoms with van der Waals surface area (Å²) in [5.74, 6) is -1.32. The fourth-order valence-corrected chi connectivity index (χ4v) is 3.61. The minimum Gasteiger partial charge on any atom is -0.469 e. The Labute approximate surface area is 222 Å². The summed E-state index contributed by atoms with van der Waals surface area (Å²) in [6, 6.07) is 12.6. The van der Waals surface area contributed by atoms with Crippen LogP contribution in [0.25, 0.3) is 11.4 Å². The number of hydrogen-bond donors (Lipinski definition) is 2. The molecular weight excluding hydrogens is 507 g/mol. The third-order valence-electron chi connectivity index (χ3n) is 5.82. The molecule has 0 saturated heterocycles. The number of hydrogen-bond acceptors (Lipinski definition) is 9. The van der Waals surface area contributed by atoms with Crippen molar-refractivity contribution >= 4 is 17.8 Å². The number of aryl methyl sites for hydroxylation is 1. The normalized spacial score (nSPS) is 11.5. The van der Waals surface area contributed by atoms with Gasteiger partial charge in [-0.15, -0.1) is 0 Å². The van der Waals surface area contributed by atoms with Crippen LogP contribution in [-0.4, -0.2) is 45.0 Å². The van der Waals surface area contributed by atoms with Crippen LogP contribution < -0.4 is 10.6 Å². The number of nitrogens with one attached hydrogen (secondary N) is 2. The lowest BCUT2D eigenvalue weighted by Crippen LogP contribution is -2.29. The Bertz CT molecular complexity index is 1500. The zero-order chi connectivity index (χ0) is 27.9. The predicted octanol–water partition coefficient (Wildman–Crippen LogP) is 3.11. The number of nitrogens with zero attached hydrogens (tertiary/aromatic N) is 4. The van der Waals surface area contributed by atoms with Crippen LogP contribution in [0.5, 0.6) is 0 Å². The van der Waals surface area contributed by atoms with E-state index in [1.807, 2.05) is 0 Å². The molecule has 2 amide bonds. The van der Waals surface area contributed by atoms with E-state index in [1.165, 1.54) is 19.2 Å². The Kier molecular flexibility index (Phi) is 8.34. The molecule has 0 unspecified atom stereocenters. The molecule has 0 saturated carbocycles. The van der Waals surface area contributed by atoms with Crippen LogP contribution in [0.1, 0.15) is 56.5 Å². The highest BCUT2D eigenvalue weighted by atomic mass is 19.1. The van der Waals surface area contributed by atoms with E-state index in [2.05, 4.69) is 35.5 Å². The van der Waals surface area contributed by atoms with Crippen molar-refractivity contribution in [3.63, 3.8) is 0 Å². The lowest BCUT2D eigenvalue weighted by molar-refractivity contribution is -0.140. The number of carbonyl (C=O) groups excluding carboxylic acids is 3. The minimum atomic E-state index is -0.492. The van der Waals surface area contributed by atoms with Crippen LogP contribution in [0.2, 0.25) is 0 Å². The third kappa shape index (κ3) is 6.86. The van der Waals surface area contributed by atoms with Crippen molar-refractivity contribution in [1.82, 2.24) is 30.7 Å². The van der Waals surface area contributed by atoms with Gasteiger partial charge < -0.3 is 19.9 Å². The molecule has 1 atom stereocenters. The number of amides is 2. The number of methoxy groups -OCH3 is 1. The number of carbonyl (C=O) groups is 3. The summed E-state index contributed by atoms with van der Waals surface area (Å²) in [6.45, 7) is 3.62. The molecule has 0 aliphatic heterocycles. The van der Waals surface area contributed by atoms with Crippen LogP contribution in [0.15, 0.2) is 59.4 Å². The predicted molar refractivity (Wildman–Crippen MR) is 136 cm³/mol. The van der Waals surface area contributed by atoms with E-state index in [0.717, 1.165) is 17.5 Å². The molecule has 0 spiro atoms. The Hall–Kier alpha value is -5.00. The molecule has 12 heteroatoms.